The monoisotopic (exact) mass is 540 g/mol. The van der Waals surface area contributed by atoms with Gasteiger partial charge in [0.05, 0.1) is 63.4 Å². The lowest BCUT2D eigenvalue weighted by molar-refractivity contribution is -0.186. The number of nitrogens with zero attached hydrogens (tertiary/aromatic N) is 6. The molecule has 0 bridgehead atoms. The van der Waals surface area contributed by atoms with E-state index in [0.29, 0.717) is 11.4 Å². The van der Waals surface area contributed by atoms with Gasteiger partial charge in [-0.15, -0.1) is 10.2 Å². The Hall–Kier alpha value is -3.92. The molecule has 16 heteroatoms. The molecule has 0 aromatic carbocycles. The van der Waals surface area contributed by atoms with Crippen molar-refractivity contribution in [1.82, 2.24) is 30.0 Å². The fourth-order valence-corrected chi connectivity index (χ4v) is 3.06. The maximum absolute atomic E-state index is 12.8. The van der Waals surface area contributed by atoms with Crippen LogP contribution in [0.5, 0.6) is 0 Å². The number of hydrogen-bond donors (Lipinski definition) is 0. The number of carbonyl (C=O) groups excluding carboxylic acids is 4. The standard InChI is InChI=1S/C22H32N6O10/c1-5-33-17(29)11-27-15(9-23-25-27)13-37-19(21(31)35-7-3)20(22(32)36-8-4)38-14-16-10-24-26-28(16)12-18(30)34-6-2/h9-10,19-20H,5-8,11-14H2,1-4H3/t19-,20-/m1/s1. The molecule has 38 heavy (non-hydrogen) atoms. The zero-order chi connectivity index (χ0) is 27.9. The number of hydrogen-bond acceptors (Lipinski definition) is 14. The molecule has 210 valence electrons. The molecule has 0 N–H and O–H groups in total. The molecule has 2 aromatic heterocycles. The predicted octanol–water partition coefficient (Wildman–Crippen LogP) is -0.407. The van der Waals surface area contributed by atoms with Crippen molar-refractivity contribution in [3.8, 4) is 0 Å². The van der Waals surface area contributed by atoms with Crippen molar-refractivity contribution in [2.75, 3.05) is 26.4 Å². The third kappa shape index (κ3) is 9.19. The smallest absolute Gasteiger partial charge is 0.338 e. The molecule has 0 unspecified atom stereocenters. The van der Waals surface area contributed by atoms with Crippen molar-refractivity contribution in [2.24, 2.45) is 0 Å². The molecule has 2 rings (SSSR count). The van der Waals surface area contributed by atoms with Crippen LogP contribution in [0.3, 0.4) is 0 Å². The van der Waals surface area contributed by atoms with E-state index in [1.54, 1.807) is 27.7 Å². The van der Waals surface area contributed by atoms with E-state index in [1.807, 2.05) is 0 Å². The normalized spacial score (nSPS) is 12.4. The van der Waals surface area contributed by atoms with Gasteiger partial charge in [0.2, 0.25) is 0 Å². The zero-order valence-corrected chi connectivity index (χ0v) is 21.7. The first-order chi connectivity index (χ1) is 18.3. The molecule has 0 spiro atoms. The molecular weight excluding hydrogens is 508 g/mol. The van der Waals surface area contributed by atoms with E-state index in [9.17, 15) is 19.2 Å². The lowest BCUT2D eigenvalue weighted by Gasteiger charge is -2.24. The fraction of sp³-hybridized carbons (Fsp3) is 0.636. The Morgan fingerprint density at radius 1 is 0.658 bits per heavy atom. The van der Waals surface area contributed by atoms with Crippen LogP contribution in [0.2, 0.25) is 0 Å². The highest BCUT2D eigenvalue weighted by molar-refractivity contribution is 5.85. The first-order valence-corrected chi connectivity index (χ1v) is 12.0. The van der Waals surface area contributed by atoms with Crippen LogP contribution < -0.4 is 0 Å². The molecule has 2 atom stereocenters. The summed E-state index contributed by atoms with van der Waals surface area (Å²) in [7, 11) is 0. The van der Waals surface area contributed by atoms with E-state index in [-0.39, 0.29) is 52.7 Å². The van der Waals surface area contributed by atoms with Gasteiger partial charge in [-0.25, -0.2) is 19.0 Å². The van der Waals surface area contributed by atoms with Gasteiger partial charge in [-0.2, -0.15) is 0 Å². The zero-order valence-electron chi connectivity index (χ0n) is 21.7. The van der Waals surface area contributed by atoms with Crippen LogP contribution in [0.25, 0.3) is 0 Å². The third-order valence-corrected chi connectivity index (χ3v) is 4.70. The lowest BCUT2D eigenvalue weighted by atomic mass is 10.2. The van der Waals surface area contributed by atoms with Crippen LogP contribution in [0, 0.1) is 0 Å². The largest absolute Gasteiger partial charge is 0.465 e. The van der Waals surface area contributed by atoms with E-state index in [4.69, 9.17) is 28.4 Å². The average molecular weight is 541 g/mol. The van der Waals surface area contributed by atoms with Crippen LogP contribution >= 0.6 is 0 Å². The van der Waals surface area contributed by atoms with E-state index >= 15 is 0 Å². The minimum Gasteiger partial charge on any atom is -0.465 e. The summed E-state index contributed by atoms with van der Waals surface area (Å²) in [6.07, 6.45) is -0.452. The summed E-state index contributed by atoms with van der Waals surface area (Å²) in [5.41, 5.74) is 0.651. The highest BCUT2D eigenvalue weighted by atomic mass is 16.6. The SMILES string of the molecule is CCOC(=O)Cn1nncc1CO[C@@H](C(=O)OCC)[C@@H](OCc1cnnn1CC(=O)OCC)C(=O)OCC. The van der Waals surface area contributed by atoms with Gasteiger partial charge in [-0.3, -0.25) is 9.59 Å². The van der Waals surface area contributed by atoms with E-state index < -0.39 is 36.1 Å². The van der Waals surface area contributed by atoms with Crippen molar-refractivity contribution in [1.29, 1.82) is 0 Å². The maximum atomic E-state index is 12.8. The molecule has 0 saturated carbocycles. The molecule has 2 aromatic rings. The second-order valence-corrected chi connectivity index (χ2v) is 7.34. The first-order valence-electron chi connectivity index (χ1n) is 12.0. The molecule has 0 saturated heterocycles. The Labute approximate surface area is 218 Å². The van der Waals surface area contributed by atoms with Gasteiger partial charge >= 0.3 is 23.9 Å². The van der Waals surface area contributed by atoms with Crippen LogP contribution in [0.15, 0.2) is 12.4 Å². The molecule has 0 radical (unpaired) electrons. The fourth-order valence-electron chi connectivity index (χ4n) is 3.06. The summed E-state index contributed by atoms with van der Waals surface area (Å²) < 4.78 is 34.0. The first kappa shape index (κ1) is 30.3. The van der Waals surface area contributed by atoms with Crippen molar-refractivity contribution in [2.45, 2.75) is 66.2 Å². The van der Waals surface area contributed by atoms with Crippen LogP contribution in [0.1, 0.15) is 39.1 Å². The lowest BCUT2D eigenvalue weighted by Crippen LogP contribution is -2.45. The molecule has 0 aliphatic heterocycles. The van der Waals surface area contributed by atoms with Crippen molar-refractivity contribution in [3.63, 3.8) is 0 Å². The molecule has 0 amide bonds. The average Bonchev–Trinajstić information content (AvgIpc) is 3.50. The van der Waals surface area contributed by atoms with Crippen molar-refractivity contribution < 1.29 is 47.6 Å². The second-order valence-electron chi connectivity index (χ2n) is 7.34. The highest BCUT2D eigenvalue weighted by Crippen LogP contribution is 2.15. The number of rotatable bonds is 17. The Morgan fingerprint density at radius 2 is 1.03 bits per heavy atom. The Morgan fingerprint density at radius 3 is 1.37 bits per heavy atom. The third-order valence-electron chi connectivity index (χ3n) is 4.70. The van der Waals surface area contributed by atoms with Gasteiger partial charge in [-0.1, -0.05) is 10.4 Å². The Balaban J connectivity index is 2.22. The summed E-state index contributed by atoms with van der Waals surface area (Å²) >= 11 is 0. The number of esters is 4. The number of ether oxygens (including phenoxy) is 6. The summed E-state index contributed by atoms with van der Waals surface area (Å²) in [5.74, 6) is -2.84. The van der Waals surface area contributed by atoms with Crippen LogP contribution in [-0.2, 0) is 73.9 Å². The molecule has 0 aliphatic rings. The number of carbonyl (C=O) groups is 4. The van der Waals surface area contributed by atoms with Gasteiger partial charge in [0.1, 0.15) is 13.1 Å². The van der Waals surface area contributed by atoms with Gasteiger partial charge in [0, 0.05) is 0 Å². The Bertz CT molecular complexity index is 973. The number of aromatic nitrogens is 6. The van der Waals surface area contributed by atoms with Gasteiger partial charge < -0.3 is 28.4 Å². The van der Waals surface area contributed by atoms with E-state index in [2.05, 4.69) is 20.6 Å². The summed E-state index contributed by atoms with van der Waals surface area (Å²) in [6.45, 7) is 5.89. The van der Waals surface area contributed by atoms with Gasteiger partial charge in [0.25, 0.3) is 0 Å². The topological polar surface area (TPSA) is 185 Å². The minimum absolute atomic E-state index is 0.00676. The second kappa shape index (κ2) is 16.0. The quantitative estimate of drug-likeness (QED) is 0.186. The van der Waals surface area contributed by atoms with Crippen molar-refractivity contribution >= 4 is 23.9 Å². The molecular formula is C22H32N6O10. The van der Waals surface area contributed by atoms with Crippen molar-refractivity contribution in [3.05, 3.63) is 23.8 Å². The van der Waals surface area contributed by atoms with Crippen LogP contribution in [0.4, 0.5) is 0 Å². The molecule has 2 heterocycles. The van der Waals surface area contributed by atoms with Crippen LogP contribution in [-0.4, -0.2) is 92.5 Å². The van der Waals surface area contributed by atoms with Gasteiger partial charge in [-0.05, 0) is 27.7 Å². The summed E-state index contributed by atoms with van der Waals surface area (Å²) in [4.78, 5) is 49.3. The highest BCUT2D eigenvalue weighted by Gasteiger charge is 2.39. The predicted molar refractivity (Wildman–Crippen MR) is 124 cm³/mol. The van der Waals surface area contributed by atoms with Gasteiger partial charge in [0.15, 0.2) is 12.2 Å². The summed E-state index contributed by atoms with van der Waals surface area (Å²) in [5, 5.41) is 15.1. The summed E-state index contributed by atoms with van der Waals surface area (Å²) in [6, 6.07) is 0. The molecule has 0 fully saturated rings. The van der Waals surface area contributed by atoms with E-state index in [0.717, 1.165) is 0 Å². The maximum Gasteiger partial charge on any atom is 0.338 e. The van der Waals surface area contributed by atoms with E-state index in [1.165, 1.54) is 21.8 Å². The Kier molecular flexibility index (Phi) is 12.8. The minimum atomic E-state index is -1.56. The molecule has 0 aliphatic carbocycles. The molecule has 16 nitrogen and oxygen atoms in total.